The van der Waals surface area contributed by atoms with E-state index in [1.54, 1.807) is 6.20 Å². The Balaban J connectivity index is 1.87. The van der Waals surface area contributed by atoms with E-state index in [0.29, 0.717) is 0 Å². The van der Waals surface area contributed by atoms with Crippen molar-refractivity contribution in [1.82, 2.24) is 14.9 Å². The highest BCUT2D eigenvalue weighted by atomic mass is 16.1. The van der Waals surface area contributed by atoms with Crippen LogP contribution in [-0.2, 0) is 4.79 Å². The first-order valence-electron chi connectivity index (χ1n) is 7.15. The lowest BCUT2D eigenvalue weighted by atomic mass is 10.1. The van der Waals surface area contributed by atoms with Gasteiger partial charge in [0.2, 0.25) is 5.91 Å². The molecule has 1 aliphatic rings. The lowest BCUT2D eigenvalue weighted by Gasteiger charge is -2.22. The number of rotatable bonds is 4. The van der Waals surface area contributed by atoms with Gasteiger partial charge >= 0.3 is 0 Å². The average molecular weight is 282 g/mol. The highest BCUT2D eigenvalue weighted by Crippen LogP contribution is 2.30. The Bertz CT molecular complexity index is 629. The molecule has 2 heterocycles. The maximum atomic E-state index is 11.2. The van der Waals surface area contributed by atoms with Gasteiger partial charge in [-0.1, -0.05) is 30.3 Å². The summed E-state index contributed by atoms with van der Waals surface area (Å²) in [6.07, 6.45) is 3.84. The molecule has 0 saturated carbocycles. The van der Waals surface area contributed by atoms with E-state index in [-0.39, 0.29) is 18.5 Å². The molecular weight excluding hydrogens is 264 g/mol. The van der Waals surface area contributed by atoms with E-state index in [0.717, 1.165) is 36.5 Å². The van der Waals surface area contributed by atoms with Crippen LogP contribution in [0.5, 0.6) is 0 Å². The second-order valence-electron chi connectivity index (χ2n) is 5.27. The minimum atomic E-state index is -0.292. The first-order chi connectivity index (χ1) is 10.2. The van der Waals surface area contributed by atoms with Crippen LogP contribution in [0.25, 0.3) is 11.4 Å². The lowest BCUT2D eigenvalue weighted by Crippen LogP contribution is -2.33. The molecule has 21 heavy (non-hydrogen) atoms. The number of amides is 1. The van der Waals surface area contributed by atoms with Crippen molar-refractivity contribution in [2.75, 3.05) is 13.1 Å². The highest BCUT2D eigenvalue weighted by molar-refractivity contribution is 5.76. The quantitative estimate of drug-likeness (QED) is 0.927. The zero-order valence-corrected chi connectivity index (χ0v) is 11.8. The number of likely N-dealkylation sites (tertiary alicyclic amines) is 1. The monoisotopic (exact) mass is 282 g/mol. The van der Waals surface area contributed by atoms with Crippen LogP contribution in [0.1, 0.15) is 24.6 Å². The number of benzene rings is 1. The van der Waals surface area contributed by atoms with E-state index < -0.39 is 0 Å². The van der Waals surface area contributed by atoms with E-state index in [1.165, 1.54) is 0 Å². The Hall–Kier alpha value is -2.27. The van der Waals surface area contributed by atoms with Gasteiger partial charge in [0.1, 0.15) is 0 Å². The van der Waals surface area contributed by atoms with E-state index in [4.69, 9.17) is 5.73 Å². The first-order valence-corrected chi connectivity index (χ1v) is 7.15. The summed E-state index contributed by atoms with van der Waals surface area (Å²) in [5, 5.41) is 0. The molecule has 1 aromatic heterocycles. The van der Waals surface area contributed by atoms with Gasteiger partial charge in [-0.2, -0.15) is 0 Å². The molecule has 2 aromatic rings. The van der Waals surface area contributed by atoms with Crippen molar-refractivity contribution in [1.29, 1.82) is 0 Å². The predicted molar refractivity (Wildman–Crippen MR) is 80.2 cm³/mol. The molecule has 1 unspecified atom stereocenters. The summed E-state index contributed by atoms with van der Waals surface area (Å²) in [6.45, 7) is 1.17. The van der Waals surface area contributed by atoms with E-state index in [2.05, 4.69) is 14.9 Å². The van der Waals surface area contributed by atoms with E-state index in [1.807, 2.05) is 36.4 Å². The molecule has 0 aliphatic carbocycles. The topological polar surface area (TPSA) is 72.1 Å². The van der Waals surface area contributed by atoms with Crippen LogP contribution in [0.3, 0.4) is 0 Å². The number of aromatic nitrogens is 2. The van der Waals surface area contributed by atoms with Gasteiger partial charge in [-0.15, -0.1) is 0 Å². The Morgan fingerprint density at radius 2 is 2.10 bits per heavy atom. The van der Waals surface area contributed by atoms with Crippen molar-refractivity contribution >= 4 is 5.91 Å². The minimum Gasteiger partial charge on any atom is -0.369 e. The van der Waals surface area contributed by atoms with Crippen molar-refractivity contribution in [3.8, 4) is 11.4 Å². The Labute approximate surface area is 123 Å². The Morgan fingerprint density at radius 3 is 2.86 bits per heavy atom. The van der Waals surface area contributed by atoms with Crippen LogP contribution in [0, 0.1) is 0 Å². The normalized spacial score (nSPS) is 18.8. The molecule has 2 N–H and O–H groups in total. The molecule has 0 radical (unpaired) electrons. The summed E-state index contributed by atoms with van der Waals surface area (Å²) in [4.78, 5) is 22.3. The molecule has 1 atom stereocenters. The van der Waals surface area contributed by atoms with Crippen LogP contribution < -0.4 is 5.73 Å². The van der Waals surface area contributed by atoms with Crippen LogP contribution in [-0.4, -0.2) is 33.9 Å². The molecule has 1 aromatic carbocycles. The number of nitrogens with two attached hydrogens (primary N) is 1. The van der Waals surface area contributed by atoms with Crippen molar-refractivity contribution in [3.05, 3.63) is 48.3 Å². The number of carbonyl (C=O) groups is 1. The summed E-state index contributed by atoms with van der Waals surface area (Å²) in [5.74, 6) is 0.429. The van der Waals surface area contributed by atoms with E-state index in [9.17, 15) is 4.79 Å². The van der Waals surface area contributed by atoms with Crippen molar-refractivity contribution in [2.24, 2.45) is 5.73 Å². The maximum Gasteiger partial charge on any atom is 0.231 e. The standard InChI is InChI=1S/C16H18N4O/c17-15(21)11-20-10-4-7-14(20)13-8-9-18-16(19-13)12-5-2-1-3-6-12/h1-3,5-6,8-9,14H,4,7,10-11H2,(H2,17,21). The smallest absolute Gasteiger partial charge is 0.231 e. The third-order valence-corrected chi connectivity index (χ3v) is 3.77. The van der Waals surface area contributed by atoms with Gasteiger partial charge in [0.05, 0.1) is 18.3 Å². The van der Waals surface area contributed by atoms with E-state index >= 15 is 0 Å². The summed E-state index contributed by atoms with van der Waals surface area (Å²) in [7, 11) is 0. The van der Waals surface area contributed by atoms with Crippen LogP contribution in [0.15, 0.2) is 42.6 Å². The third kappa shape index (κ3) is 3.08. The van der Waals surface area contributed by atoms with Crippen molar-refractivity contribution in [2.45, 2.75) is 18.9 Å². The number of carbonyl (C=O) groups excluding carboxylic acids is 1. The van der Waals surface area contributed by atoms with Gasteiger partial charge in [-0.3, -0.25) is 9.69 Å². The fourth-order valence-corrected chi connectivity index (χ4v) is 2.84. The molecule has 0 bridgehead atoms. The molecule has 1 fully saturated rings. The molecule has 3 rings (SSSR count). The van der Waals surface area contributed by atoms with Gasteiger partial charge in [0.15, 0.2) is 5.82 Å². The number of primary amides is 1. The summed E-state index contributed by atoms with van der Waals surface area (Å²) < 4.78 is 0. The molecule has 5 nitrogen and oxygen atoms in total. The van der Waals surface area contributed by atoms with Crippen molar-refractivity contribution < 1.29 is 4.79 Å². The number of hydrogen-bond donors (Lipinski definition) is 1. The fraction of sp³-hybridized carbons (Fsp3) is 0.312. The third-order valence-electron chi connectivity index (χ3n) is 3.77. The molecular formula is C16H18N4O. The van der Waals surface area contributed by atoms with Crippen LogP contribution >= 0.6 is 0 Å². The molecule has 1 amide bonds. The maximum absolute atomic E-state index is 11.2. The van der Waals surface area contributed by atoms with Gasteiger partial charge in [0.25, 0.3) is 0 Å². The lowest BCUT2D eigenvalue weighted by molar-refractivity contribution is -0.119. The predicted octanol–water partition coefficient (Wildman–Crippen LogP) is 1.77. The summed E-state index contributed by atoms with van der Waals surface area (Å²) in [5.41, 5.74) is 7.28. The zero-order valence-electron chi connectivity index (χ0n) is 11.8. The minimum absolute atomic E-state index is 0.156. The average Bonchev–Trinajstić information content (AvgIpc) is 2.96. The van der Waals surface area contributed by atoms with Gasteiger partial charge < -0.3 is 5.73 Å². The largest absolute Gasteiger partial charge is 0.369 e. The Kier molecular flexibility index (Phi) is 3.92. The van der Waals surface area contributed by atoms with Gasteiger partial charge in [-0.05, 0) is 25.5 Å². The fourth-order valence-electron chi connectivity index (χ4n) is 2.84. The zero-order chi connectivity index (χ0) is 14.7. The van der Waals surface area contributed by atoms with Gasteiger partial charge in [0, 0.05) is 11.8 Å². The number of hydrogen-bond acceptors (Lipinski definition) is 4. The number of nitrogens with zero attached hydrogens (tertiary/aromatic N) is 3. The molecule has 1 aliphatic heterocycles. The SMILES string of the molecule is NC(=O)CN1CCCC1c1ccnc(-c2ccccc2)n1. The molecule has 0 spiro atoms. The second-order valence-corrected chi connectivity index (χ2v) is 5.27. The van der Waals surface area contributed by atoms with Crippen LogP contribution in [0.4, 0.5) is 0 Å². The summed E-state index contributed by atoms with van der Waals surface area (Å²) in [6, 6.07) is 12.0. The van der Waals surface area contributed by atoms with Crippen molar-refractivity contribution in [3.63, 3.8) is 0 Å². The first kappa shape index (κ1) is 13.7. The second kappa shape index (κ2) is 6.01. The van der Waals surface area contributed by atoms with Crippen LogP contribution in [0.2, 0.25) is 0 Å². The van der Waals surface area contributed by atoms with Gasteiger partial charge in [-0.25, -0.2) is 9.97 Å². The molecule has 5 heteroatoms. The molecule has 108 valence electrons. The molecule has 1 saturated heterocycles. The Morgan fingerprint density at radius 1 is 1.29 bits per heavy atom. The highest BCUT2D eigenvalue weighted by Gasteiger charge is 2.28. The summed E-state index contributed by atoms with van der Waals surface area (Å²) >= 11 is 0.